The Labute approximate surface area is 176 Å². The van der Waals surface area contributed by atoms with Crippen molar-refractivity contribution in [2.45, 2.75) is 25.7 Å². The Morgan fingerprint density at radius 1 is 0.931 bits per heavy atom. The Kier molecular flexibility index (Phi) is 6.67. The third-order valence-electron chi connectivity index (χ3n) is 5.96. The van der Waals surface area contributed by atoms with Gasteiger partial charge in [0.05, 0.1) is 6.54 Å². The minimum absolute atomic E-state index is 0.00606. The molecule has 4 rings (SSSR count). The van der Waals surface area contributed by atoms with Crippen LogP contribution in [-0.4, -0.2) is 79.0 Å². The average molecular weight is 415 g/mol. The second-order valence-corrected chi connectivity index (χ2v) is 8.85. The van der Waals surface area contributed by atoms with Gasteiger partial charge < -0.3 is 15.1 Å². The number of urea groups is 1. The Bertz CT molecular complexity index is 838. The van der Waals surface area contributed by atoms with Crippen molar-refractivity contribution in [2.24, 2.45) is 0 Å². The van der Waals surface area contributed by atoms with Crippen molar-refractivity contribution in [2.75, 3.05) is 52.4 Å². The number of nitrogens with one attached hydrogen (secondary N) is 1. The fourth-order valence-electron chi connectivity index (χ4n) is 4.19. The van der Waals surface area contributed by atoms with Crippen molar-refractivity contribution in [1.29, 1.82) is 0 Å². The molecular formula is C22H30N4O2S. The number of rotatable bonds is 5. The second-order valence-electron chi connectivity index (χ2n) is 7.94. The topological polar surface area (TPSA) is 55.9 Å². The van der Waals surface area contributed by atoms with Gasteiger partial charge in [-0.3, -0.25) is 9.69 Å². The van der Waals surface area contributed by atoms with Crippen LogP contribution in [0.1, 0.15) is 24.8 Å². The van der Waals surface area contributed by atoms with Gasteiger partial charge >= 0.3 is 6.03 Å². The Hall–Kier alpha value is -2.12. The predicted molar refractivity (Wildman–Crippen MR) is 117 cm³/mol. The van der Waals surface area contributed by atoms with E-state index in [0.717, 1.165) is 45.4 Å². The van der Waals surface area contributed by atoms with E-state index in [9.17, 15) is 9.59 Å². The smallest absolute Gasteiger partial charge is 0.317 e. The van der Waals surface area contributed by atoms with Crippen LogP contribution in [0.25, 0.3) is 10.1 Å². The van der Waals surface area contributed by atoms with Gasteiger partial charge in [0.2, 0.25) is 5.91 Å². The molecule has 1 aromatic heterocycles. The number of hydrogen-bond acceptors (Lipinski definition) is 4. The van der Waals surface area contributed by atoms with Gasteiger partial charge in [-0.15, -0.1) is 11.3 Å². The number of amides is 3. The molecule has 2 aliphatic rings. The summed E-state index contributed by atoms with van der Waals surface area (Å²) in [6, 6.07) is 8.41. The number of nitrogens with zero attached hydrogens (tertiary/aromatic N) is 3. The maximum atomic E-state index is 12.5. The van der Waals surface area contributed by atoms with Crippen molar-refractivity contribution in [3.8, 4) is 0 Å². The van der Waals surface area contributed by atoms with Gasteiger partial charge in [-0.2, -0.15) is 0 Å². The van der Waals surface area contributed by atoms with E-state index in [-0.39, 0.29) is 11.9 Å². The summed E-state index contributed by atoms with van der Waals surface area (Å²) in [7, 11) is 0. The number of hydrogen-bond donors (Lipinski definition) is 1. The largest absolute Gasteiger partial charge is 0.342 e. The Balaban J connectivity index is 1.17. The number of likely N-dealkylation sites (tertiary alicyclic amines) is 1. The monoisotopic (exact) mass is 414 g/mol. The first-order chi connectivity index (χ1) is 14.2. The first kappa shape index (κ1) is 20.2. The van der Waals surface area contributed by atoms with Crippen LogP contribution in [0.4, 0.5) is 4.79 Å². The molecule has 2 aliphatic heterocycles. The first-order valence-corrected chi connectivity index (χ1v) is 11.6. The van der Waals surface area contributed by atoms with Crippen LogP contribution in [0.2, 0.25) is 0 Å². The Morgan fingerprint density at radius 3 is 2.48 bits per heavy atom. The quantitative estimate of drug-likeness (QED) is 0.819. The van der Waals surface area contributed by atoms with Gasteiger partial charge in [0, 0.05) is 50.5 Å². The van der Waals surface area contributed by atoms with Gasteiger partial charge in [-0.1, -0.05) is 18.2 Å². The molecule has 1 aromatic carbocycles. The molecule has 0 radical (unpaired) electrons. The summed E-state index contributed by atoms with van der Waals surface area (Å²) in [5.41, 5.74) is 1.30. The third kappa shape index (κ3) is 5.08. The molecule has 3 amide bonds. The summed E-state index contributed by atoms with van der Waals surface area (Å²) in [6.45, 7) is 5.83. The number of benzene rings is 1. The van der Waals surface area contributed by atoms with Crippen molar-refractivity contribution in [1.82, 2.24) is 20.0 Å². The molecule has 0 saturated carbocycles. The highest BCUT2D eigenvalue weighted by atomic mass is 32.1. The lowest BCUT2D eigenvalue weighted by molar-refractivity contribution is -0.133. The molecule has 0 unspecified atom stereocenters. The molecule has 7 heteroatoms. The van der Waals surface area contributed by atoms with Crippen molar-refractivity contribution in [3.05, 3.63) is 35.2 Å². The van der Waals surface area contributed by atoms with E-state index < -0.39 is 0 Å². The summed E-state index contributed by atoms with van der Waals surface area (Å²) in [5.74, 6) is 0.241. The van der Waals surface area contributed by atoms with Crippen LogP contribution in [0.15, 0.2) is 29.6 Å². The van der Waals surface area contributed by atoms with Crippen LogP contribution in [0, 0.1) is 0 Å². The normalized spacial score (nSPS) is 18.2. The molecule has 29 heavy (non-hydrogen) atoms. The molecule has 3 heterocycles. The number of thiophene rings is 1. The van der Waals surface area contributed by atoms with E-state index in [4.69, 9.17) is 0 Å². The maximum Gasteiger partial charge on any atom is 0.317 e. The van der Waals surface area contributed by atoms with E-state index in [0.29, 0.717) is 26.2 Å². The molecule has 0 atom stereocenters. The highest BCUT2D eigenvalue weighted by Crippen LogP contribution is 2.25. The van der Waals surface area contributed by atoms with Crippen LogP contribution in [0.3, 0.4) is 0 Å². The lowest BCUT2D eigenvalue weighted by atomic mass is 10.1. The van der Waals surface area contributed by atoms with E-state index in [1.54, 1.807) is 11.3 Å². The zero-order valence-electron chi connectivity index (χ0n) is 16.9. The minimum atomic E-state index is 0.00606. The van der Waals surface area contributed by atoms with Crippen LogP contribution in [0.5, 0.6) is 0 Å². The Morgan fingerprint density at radius 2 is 1.69 bits per heavy atom. The van der Waals surface area contributed by atoms with E-state index in [1.165, 1.54) is 22.1 Å². The number of piperazine rings is 1. The lowest BCUT2D eigenvalue weighted by Gasteiger charge is -2.36. The van der Waals surface area contributed by atoms with Gasteiger partial charge in [0.25, 0.3) is 0 Å². The fraction of sp³-hybridized carbons (Fsp3) is 0.545. The molecule has 1 N–H and O–H groups in total. The van der Waals surface area contributed by atoms with E-state index >= 15 is 0 Å². The lowest BCUT2D eigenvalue weighted by Crippen LogP contribution is -2.54. The molecule has 2 aromatic rings. The van der Waals surface area contributed by atoms with Gasteiger partial charge in [-0.25, -0.2) is 4.79 Å². The number of carbonyl (C=O) groups excluding carboxylic acids is 2. The van der Waals surface area contributed by atoms with E-state index in [1.807, 2.05) is 9.80 Å². The molecule has 156 valence electrons. The van der Waals surface area contributed by atoms with Crippen LogP contribution in [-0.2, 0) is 11.2 Å². The minimum Gasteiger partial charge on any atom is -0.342 e. The standard InChI is InChI=1S/C22H30N4O2S/c27-21(25-10-4-1-5-11-25)16-24-12-14-26(15-13-24)22(28)23-9-8-18-17-29-20-7-3-2-6-19(18)20/h2-3,6-7,17H,1,4-5,8-16H2,(H,23,28). The molecule has 0 bridgehead atoms. The highest BCUT2D eigenvalue weighted by Gasteiger charge is 2.24. The van der Waals surface area contributed by atoms with Crippen LogP contribution < -0.4 is 5.32 Å². The fourth-order valence-corrected chi connectivity index (χ4v) is 5.18. The summed E-state index contributed by atoms with van der Waals surface area (Å²) in [5, 5.41) is 6.54. The van der Waals surface area contributed by atoms with Gasteiger partial charge in [0.15, 0.2) is 0 Å². The summed E-state index contributed by atoms with van der Waals surface area (Å²) in [4.78, 5) is 31.0. The summed E-state index contributed by atoms with van der Waals surface area (Å²) < 4.78 is 1.30. The average Bonchev–Trinajstić information content (AvgIpc) is 3.18. The number of carbonyl (C=O) groups is 2. The number of piperidine rings is 1. The predicted octanol–water partition coefficient (Wildman–Crippen LogP) is 2.78. The third-order valence-corrected chi connectivity index (χ3v) is 6.97. The molecule has 2 fully saturated rings. The second kappa shape index (κ2) is 9.59. The first-order valence-electron chi connectivity index (χ1n) is 10.7. The van der Waals surface area contributed by atoms with Crippen molar-refractivity contribution >= 4 is 33.4 Å². The number of fused-ring (bicyclic) bond motifs is 1. The van der Waals surface area contributed by atoms with Gasteiger partial charge in [-0.05, 0) is 48.1 Å². The SMILES string of the molecule is O=C(CN1CCN(C(=O)NCCc2csc3ccccc23)CC1)N1CCCCC1. The molecule has 0 aliphatic carbocycles. The maximum absolute atomic E-state index is 12.5. The van der Waals surface area contributed by atoms with Crippen molar-refractivity contribution < 1.29 is 9.59 Å². The molecule has 0 spiro atoms. The summed E-state index contributed by atoms with van der Waals surface area (Å²) >= 11 is 1.76. The van der Waals surface area contributed by atoms with Crippen LogP contribution >= 0.6 is 11.3 Å². The highest BCUT2D eigenvalue weighted by molar-refractivity contribution is 7.17. The zero-order valence-corrected chi connectivity index (χ0v) is 17.8. The molecule has 2 saturated heterocycles. The van der Waals surface area contributed by atoms with Gasteiger partial charge in [0.1, 0.15) is 0 Å². The molecule has 6 nitrogen and oxygen atoms in total. The van der Waals surface area contributed by atoms with E-state index in [2.05, 4.69) is 39.9 Å². The summed E-state index contributed by atoms with van der Waals surface area (Å²) in [6.07, 6.45) is 4.34. The zero-order chi connectivity index (χ0) is 20.1. The molecular weight excluding hydrogens is 384 g/mol. The van der Waals surface area contributed by atoms with Crippen molar-refractivity contribution in [3.63, 3.8) is 0 Å².